The van der Waals surface area contributed by atoms with Gasteiger partial charge in [0.25, 0.3) is 5.71 Å². The van der Waals surface area contributed by atoms with E-state index in [2.05, 4.69) is 20.4 Å². The van der Waals surface area contributed by atoms with Crippen LogP contribution in [0.4, 0.5) is 5.82 Å². The van der Waals surface area contributed by atoms with Crippen molar-refractivity contribution >= 4 is 34.5 Å². The Labute approximate surface area is 202 Å². The van der Waals surface area contributed by atoms with E-state index in [1.54, 1.807) is 54.6 Å². The molecule has 10 nitrogen and oxygen atoms in total. The Morgan fingerprint density at radius 3 is 2.63 bits per heavy atom. The minimum Gasteiger partial charge on any atom is -0.497 e. The van der Waals surface area contributed by atoms with Gasteiger partial charge in [-0.3, -0.25) is 19.3 Å². The van der Waals surface area contributed by atoms with E-state index in [0.29, 0.717) is 61.4 Å². The Morgan fingerprint density at radius 2 is 1.89 bits per heavy atom. The first kappa shape index (κ1) is 23.0. The second kappa shape index (κ2) is 9.83. The molecule has 182 valence electrons. The van der Waals surface area contributed by atoms with Crippen LogP contribution in [0.5, 0.6) is 5.75 Å². The Bertz CT molecular complexity index is 1230. The Hall–Kier alpha value is -3.79. The zero-order chi connectivity index (χ0) is 24.4. The predicted molar refractivity (Wildman–Crippen MR) is 127 cm³/mol. The van der Waals surface area contributed by atoms with Crippen molar-refractivity contribution in [2.75, 3.05) is 38.6 Å². The molecule has 1 aromatic carbocycles. The average Bonchev–Trinajstić information content (AvgIpc) is 3.47. The molecule has 2 aromatic heterocycles. The number of ketones is 1. The van der Waals surface area contributed by atoms with Gasteiger partial charge in [-0.2, -0.15) is 0 Å². The van der Waals surface area contributed by atoms with Crippen LogP contribution in [-0.2, 0) is 9.59 Å². The monoisotopic (exact) mass is 477 g/mol. The fraction of sp³-hybridized carbons (Fsp3) is 0.400. The van der Waals surface area contributed by atoms with Crippen LogP contribution in [0.25, 0.3) is 11.1 Å². The fourth-order valence-electron chi connectivity index (χ4n) is 4.90. The van der Waals surface area contributed by atoms with Crippen LogP contribution < -0.4 is 10.1 Å². The lowest BCUT2D eigenvalue weighted by Gasteiger charge is -2.34. The van der Waals surface area contributed by atoms with Crippen LogP contribution in [0.15, 0.2) is 47.1 Å². The number of hydrogen-bond acceptors (Lipinski definition) is 8. The quantitative estimate of drug-likeness (QED) is 0.516. The first-order valence-corrected chi connectivity index (χ1v) is 11.7. The lowest BCUT2D eigenvalue weighted by Crippen LogP contribution is -2.47. The van der Waals surface area contributed by atoms with Gasteiger partial charge in [0.2, 0.25) is 11.8 Å². The normalized spacial score (nSPS) is 19.3. The van der Waals surface area contributed by atoms with Crippen LogP contribution in [0, 0.1) is 5.92 Å². The number of pyridine rings is 1. The summed E-state index contributed by atoms with van der Waals surface area (Å²) < 4.78 is 10.3. The molecule has 0 spiro atoms. The first-order chi connectivity index (χ1) is 17.0. The summed E-state index contributed by atoms with van der Waals surface area (Å²) in [5.41, 5.74) is 1.03. The number of likely N-dealkylation sites (tertiary alicyclic amines) is 2. The summed E-state index contributed by atoms with van der Waals surface area (Å²) in [6, 6.07) is 10.4. The molecule has 0 saturated carbocycles. The number of hydrogen-bond donors (Lipinski definition) is 1. The summed E-state index contributed by atoms with van der Waals surface area (Å²) in [6.07, 6.45) is 3.67. The van der Waals surface area contributed by atoms with Crippen LogP contribution in [0.3, 0.4) is 0 Å². The van der Waals surface area contributed by atoms with E-state index in [4.69, 9.17) is 9.26 Å². The van der Waals surface area contributed by atoms with Crippen LogP contribution in [-0.4, -0.2) is 76.9 Å². The molecule has 1 unspecified atom stereocenters. The predicted octanol–water partition coefficient (Wildman–Crippen LogP) is 2.37. The van der Waals surface area contributed by atoms with E-state index < -0.39 is 0 Å². The number of carbonyl (C=O) groups is 3. The molecule has 5 rings (SSSR count). The highest BCUT2D eigenvalue weighted by molar-refractivity contribution is 6.00. The maximum absolute atomic E-state index is 13.0. The molecule has 35 heavy (non-hydrogen) atoms. The Morgan fingerprint density at radius 1 is 1.11 bits per heavy atom. The number of rotatable bonds is 7. The number of nitrogens with one attached hydrogen (secondary N) is 1. The smallest absolute Gasteiger partial charge is 0.259 e. The third-order valence-electron chi connectivity index (χ3n) is 6.83. The third kappa shape index (κ3) is 4.74. The second-order valence-corrected chi connectivity index (χ2v) is 8.90. The minimum atomic E-state index is -0.332. The zero-order valence-corrected chi connectivity index (χ0v) is 19.5. The third-order valence-corrected chi connectivity index (χ3v) is 6.83. The molecule has 2 amide bonds. The molecule has 0 bridgehead atoms. The van der Waals surface area contributed by atoms with Crippen molar-refractivity contribution in [3.63, 3.8) is 0 Å². The largest absolute Gasteiger partial charge is 0.497 e. The summed E-state index contributed by atoms with van der Waals surface area (Å²) in [6.45, 7) is 1.83. The second-order valence-electron chi connectivity index (χ2n) is 8.90. The van der Waals surface area contributed by atoms with Crippen LogP contribution >= 0.6 is 0 Å². The van der Waals surface area contributed by atoms with Gasteiger partial charge in [0.1, 0.15) is 5.75 Å². The van der Waals surface area contributed by atoms with Crippen LogP contribution in [0.1, 0.15) is 29.6 Å². The van der Waals surface area contributed by atoms with E-state index in [1.807, 2.05) is 0 Å². The number of piperidine rings is 1. The summed E-state index contributed by atoms with van der Waals surface area (Å²) in [7, 11) is 1.60. The Kier molecular flexibility index (Phi) is 6.45. The topological polar surface area (TPSA) is 118 Å². The van der Waals surface area contributed by atoms with Crippen molar-refractivity contribution in [2.45, 2.75) is 25.3 Å². The minimum absolute atomic E-state index is 0.0453. The number of Topliss-reactive ketones (excluding diaryl/α,β-unsaturated/α-hetero) is 1. The molecular formula is C25H27N5O5. The van der Waals surface area contributed by atoms with Gasteiger partial charge in [-0.25, -0.2) is 4.98 Å². The van der Waals surface area contributed by atoms with Crippen molar-refractivity contribution in [1.82, 2.24) is 19.9 Å². The van der Waals surface area contributed by atoms with Gasteiger partial charge in [0, 0.05) is 24.2 Å². The molecular weight excluding hydrogens is 450 g/mol. The number of carbonyl (C=O) groups excluding carboxylic acids is 3. The highest BCUT2D eigenvalue weighted by Gasteiger charge is 2.39. The molecule has 1 atom stereocenters. The highest BCUT2D eigenvalue weighted by Crippen LogP contribution is 2.27. The molecule has 2 fully saturated rings. The lowest BCUT2D eigenvalue weighted by molar-refractivity contribution is -0.135. The number of benzene rings is 1. The SMILES string of the molecule is COc1ccc(C(=O)C2CCN(C3CCN(CC(=O)Nc4noc5ncccc45)C3=O)CC2)cc1. The molecule has 2 aliphatic heterocycles. The molecule has 2 saturated heterocycles. The number of nitrogens with zero attached hydrogens (tertiary/aromatic N) is 4. The van der Waals surface area contributed by atoms with E-state index in [0.717, 1.165) is 5.75 Å². The lowest BCUT2D eigenvalue weighted by atomic mass is 9.88. The molecule has 0 radical (unpaired) electrons. The molecule has 10 heteroatoms. The number of anilines is 1. The number of amides is 2. The first-order valence-electron chi connectivity index (χ1n) is 11.7. The van der Waals surface area contributed by atoms with Gasteiger partial charge in [0.05, 0.1) is 25.1 Å². The van der Waals surface area contributed by atoms with E-state index >= 15 is 0 Å². The fourth-order valence-corrected chi connectivity index (χ4v) is 4.90. The van der Waals surface area contributed by atoms with Crippen molar-refractivity contribution in [1.29, 1.82) is 0 Å². The number of ether oxygens (including phenoxy) is 1. The van der Waals surface area contributed by atoms with E-state index in [-0.39, 0.29) is 36.1 Å². The zero-order valence-electron chi connectivity index (χ0n) is 19.5. The van der Waals surface area contributed by atoms with Gasteiger partial charge >= 0.3 is 0 Å². The molecule has 2 aliphatic rings. The van der Waals surface area contributed by atoms with Crippen molar-refractivity contribution in [2.24, 2.45) is 5.92 Å². The summed E-state index contributed by atoms with van der Waals surface area (Å²) in [4.78, 5) is 46.3. The highest BCUT2D eigenvalue weighted by atomic mass is 16.5. The van der Waals surface area contributed by atoms with E-state index in [9.17, 15) is 14.4 Å². The van der Waals surface area contributed by atoms with Gasteiger partial charge in [-0.15, -0.1) is 0 Å². The molecule has 0 aliphatic carbocycles. The Balaban J connectivity index is 1.13. The van der Waals surface area contributed by atoms with Crippen molar-refractivity contribution in [3.8, 4) is 5.75 Å². The maximum Gasteiger partial charge on any atom is 0.259 e. The average molecular weight is 478 g/mol. The number of aromatic nitrogens is 2. The van der Waals surface area contributed by atoms with E-state index in [1.165, 1.54) is 0 Å². The van der Waals surface area contributed by atoms with Crippen LogP contribution in [0.2, 0.25) is 0 Å². The van der Waals surface area contributed by atoms with Gasteiger partial charge in [-0.1, -0.05) is 5.16 Å². The van der Waals surface area contributed by atoms with Gasteiger partial charge < -0.3 is 19.5 Å². The summed E-state index contributed by atoms with van der Waals surface area (Å²) in [5.74, 6) is 0.725. The number of fused-ring (bicyclic) bond motifs is 1. The van der Waals surface area contributed by atoms with Crippen molar-refractivity contribution in [3.05, 3.63) is 48.2 Å². The van der Waals surface area contributed by atoms with Crippen molar-refractivity contribution < 1.29 is 23.6 Å². The molecule has 1 N–H and O–H groups in total. The van der Waals surface area contributed by atoms with Gasteiger partial charge in [-0.05, 0) is 68.8 Å². The number of methoxy groups -OCH3 is 1. The maximum atomic E-state index is 13.0. The van der Waals surface area contributed by atoms with Gasteiger partial charge in [0.15, 0.2) is 11.6 Å². The molecule has 3 aromatic rings. The summed E-state index contributed by atoms with van der Waals surface area (Å²) in [5, 5.41) is 7.17. The summed E-state index contributed by atoms with van der Waals surface area (Å²) >= 11 is 0. The standard InChI is InChI=1S/C25H27N5O5/c1-34-18-6-4-16(5-7-18)22(32)17-8-12-29(13-9-17)20-10-14-30(25(20)33)15-21(31)27-23-19-3-2-11-26-24(19)35-28-23/h2-7,11,17,20H,8-10,12-15H2,1H3,(H,27,28,31). The molecule has 4 heterocycles.